The van der Waals surface area contributed by atoms with Crippen molar-refractivity contribution >= 4 is 31.6 Å². The van der Waals surface area contributed by atoms with Crippen LogP contribution in [-0.2, 0) is 20.0 Å². The molecule has 1 aliphatic heterocycles. The molecule has 0 spiro atoms. The first kappa shape index (κ1) is 20.2. The second-order valence-corrected chi connectivity index (χ2v) is 10.0. The summed E-state index contributed by atoms with van der Waals surface area (Å²) in [6, 6.07) is 8.16. The summed E-state index contributed by atoms with van der Waals surface area (Å²) in [5.74, 6) is -2.08. The second kappa shape index (κ2) is 7.44. The van der Waals surface area contributed by atoms with Crippen molar-refractivity contribution in [1.82, 2.24) is 8.61 Å². The highest BCUT2D eigenvalue weighted by Gasteiger charge is 2.35. The van der Waals surface area contributed by atoms with Gasteiger partial charge < -0.3 is 0 Å². The fourth-order valence-electron chi connectivity index (χ4n) is 2.77. The van der Waals surface area contributed by atoms with Crippen LogP contribution in [0.15, 0.2) is 52.3 Å². The van der Waals surface area contributed by atoms with Gasteiger partial charge in [0.1, 0.15) is 21.4 Å². The lowest BCUT2D eigenvalue weighted by molar-refractivity contribution is 0.272. The minimum Gasteiger partial charge on any atom is -0.207 e. The van der Waals surface area contributed by atoms with Crippen LogP contribution in [0.25, 0.3) is 0 Å². The fourth-order valence-corrected chi connectivity index (χ4v) is 6.15. The van der Waals surface area contributed by atoms with E-state index in [1.54, 1.807) is 6.07 Å². The highest BCUT2D eigenvalue weighted by atomic mass is 35.5. The number of hydrogen-bond acceptors (Lipinski definition) is 4. The van der Waals surface area contributed by atoms with Crippen molar-refractivity contribution in [3.63, 3.8) is 0 Å². The van der Waals surface area contributed by atoms with Crippen molar-refractivity contribution < 1.29 is 25.6 Å². The van der Waals surface area contributed by atoms with Gasteiger partial charge in [-0.15, -0.1) is 0 Å². The van der Waals surface area contributed by atoms with Gasteiger partial charge in [-0.2, -0.15) is 8.61 Å². The Labute approximate surface area is 161 Å². The van der Waals surface area contributed by atoms with Crippen molar-refractivity contribution in [2.75, 3.05) is 26.2 Å². The minimum absolute atomic E-state index is 0.0625. The molecule has 1 fully saturated rings. The van der Waals surface area contributed by atoms with Crippen LogP contribution in [0, 0.1) is 11.6 Å². The molecule has 0 saturated carbocycles. The van der Waals surface area contributed by atoms with Crippen LogP contribution in [0.1, 0.15) is 0 Å². The number of halogens is 3. The van der Waals surface area contributed by atoms with Crippen molar-refractivity contribution in [2.24, 2.45) is 0 Å². The molecule has 0 aliphatic carbocycles. The quantitative estimate of drug-likeness (QED) is 0.737. The number of nitrogens with zero attached hydrogens (tertiary/aromatic N) is 2. The first-order valence-electron chi connectivity index (χ1n) is 7.84. The van der Waals surface area contributed by atoms with E-state index in [0.717, 1.165) is 20.7 Å². The normalized spacial score (nSPS) is 17.1. The summed E-state index contributed by atoms with van der Waals surface area (Å²) in [5.41, 5.74) is 0. The molecule has 2 aromatic rings. The van der Waals surface area contributed by atoms with E-state index in [0.29, 0.717) is 6.07 Å². The van der Waals surface area contributed by atoms with Gasteiger partial charge in [-0.1, -0.05) is 23.7 Å². The monoisotopic (exact) mass is 436 g/mol. The number of piperazine rings is 1. The third kappa shape index (κ3) is 3.85. The van der Waals surface area contributed by atoms with Gasteiger partial charge in [-0.3, -0.25) is 0 Å². The van der Waals surface area contributed by atoms with Crippen LogP contribution in [0.4, 0.5) is 8.78 Å². The average Bonchev–Trinajstić information content (AvgIpc) is 2.61. The molecule has 0 radical (unpaired) electrons. The van der Waals surface area contributed by atoms with Gasteiger partial charge >= 0.3 is 0 Å². The largest absolute Gasteiger partial charge is 0.246 e. The molecule has 11 heteroatoms. The fraction of sp³-hybridized carbons (Fsp3) is 0.250. The first-order valence-corrected chi connectivity index (χ1v) is 11.1. The molecule has 0 aromatic heterocycles. The van der Waals surface area contributed by atoms with Crippen molar-refractivity contribution in [3.8, 4) is 0 Å². The standard InChI is InChI=1S/C16H15ClF2N2O4S2/c17-13-3-1-2-4-15(13)26(22,23)20-7-9-21(10-8-20)27(24,25)16-6-5-12(18)11-14(16)19/h1-6,11H,7-10H2. The summed E-state index contributed by atoms with van der Waals surface area (Å²) >= 11 is 5.96. The zero-order valence-electron chi connectivity index (χ0n) is 13.8. The summed E-state index contributed by atoms with van der Waals surface area (Å²) in [6.45, 7) is -0.559. The topological polar surface area (TPSA) is 74.8 Å². The highest BCUT2D eigenvalue weighted by Crippen LogP contribution is 2.27. The van der Waals surface area contributed by atoms with E-state index >= 15 is 0 Å². The van der Waals surface area contributed by atoms with Crippen LogP contribution >= 0.6 is 11.6 Å². The van der Waals surface area contributed by atoms with Crippen LogP contribution < -0.4 is 0 Å². The van der Waals surface area contributed by atoms with E-state index < -0.39 is 36.6 Å². The first-order chi connectivity index (χ1) is 12.6. The Balaban J connectivity index is 1.80. The van der Waals surface area contributed by atoms with Gasteiger partial charge in [0.25, 0.3) is 0 Å². The lowest BCUT2D eigenvalue weighted by Crippen LogP contribution is -2.50. The molecule has 27 heavy (non-hydrogen) atoms. The molecule has 1 heterocycles. The number of hydrogen-bond donors (Lipinski definition) is 0. The number of sulfonamides is 2. The molecule has 1 saturated heterocycles. The summed E-state index contributed by atoms with van der Waals surface area (Å²) in [5, 5.41) is 0.0703. The maximum atomic E-state index is 13.9. The highest BCUT2D eigenvalue weighted by molar-refractivity contribution is 7.89. The van der Waals surface area contributed by atoms with Crippen molar-refractivity contribution in [1.29, 1.82) is 0 Å². The average molecular weight is 437 g/mol. The maximum Gasteiger partial charge on any atom is 0.246 e. The van der Waals surface area contributed by atoms with Crippen LogP contribution in [-0.4, -0.2) is 51.6 Å². The molecule has 0 amide bonds. The summed E-state index contributed by atoms with van der Waals surface area (Å²) in [6.07, 6.45) is 0. The van der Waals surface area contributed by atoms with Crippen LogP contribution in [0.2, 0.25) is 5.02 Å². The lowest BCUT2D eigenvalue weighted by atomic mass is 10.3. The molecule has 1 aliphatic rings. The van der Waals surface area contributed by atoms with Crippen LogP contribution in [0.5, 0.6) is 0 Å². The Morgan fingerprint density at radius 2 is 1.30 bits per heavy atom. The third-order valence-electron chi connectivity index (χ3n) is 4.16. The predicted molar refractivity (Wildman–Crippen MR) is 95.3 cm³/mol. The number of rotatable bonds is 4. The van der Waals surface area contributed by atoms with E-state index in [9.17, 15) is 25.6 Å². The summed E-state index contributed by atoms with van der Waals surface area (Å²) in [4.78, 5) is -0.709. The Morgan fingerprint density at radius 1 is 0.778 bits per heavy atom. The summed E-state index contributed by atoms with van der Waals surface area (Å²) < 4.78 is 79.5. The Bertz CT molecular complexity index is 1070. The third-order valence-corrected chi connectivity index (χ3v) is 8.49. The van der Waals surface area contributed by atoms with Gasteiger partial charge in [0.2, 0.25) is 20.0 Å². The van der Waals surface area contributed by atoms with Crippen molar-refractivity contribution in [3.05, 3.63) is 59.1 Å². The van der Waals surface area contributed by atoms with Gasteiger partial charge in [0.15, 0.2) is 0 Å². The van der Waals surface area contributed by atoms with Crippen LogP contribution in [0.3, 0.4) is 0 Å². The lowest BCUT2D eigenvalue weighted by Gasteiger charge is -2.33. The zero-order chi connectivity index (χ0) is 19.8. The van der Waals surface area contributed by atoms with E-state index in [-0.39, 0.29) is 36.1 Å². The zero-order valence-corrected chi connectivity index (χ0v) is 16.2. The van der Waals surface area contributed by atoms with E-state index in [4.69, 9.17) is 11.6 Å². The smallest absolute Gasteiger partial charge is 0.207 e. The molecule has 146 valence electrons. The molecular formula is C16H15ClF2N2O4S2. The minimum atomic E-state index is -4.21. The van der Waals surface area contributed by atoms with E-state index in [2.05, 4.69) is 0 Å². The van der Waals surface area contributed by atoms with Crippen molar-refractivity contribution in [2.45, 2.75) is 9.79 Å². The maximum absolute atomic E-state index is 13.9. The molecule has 6 nitrogen and oxygen atoms in total. The van der Waals surface area contributed by atoms with E-state index in [1.807, 2.05) is 0 Å². The molecule has 0 unspecified atom stereocenters. The van der Waals surface area contributed by atoms with E-state index in [1.165, 1.54) is 18.2 Å². The van der Waals surface area contributed by atoms with Gasteiger partial charge in [0.05, 0.1) is 5.02 Å². The molecule has 3 rings (SSSR count). The molecule has 0 N–H and O–H groups in total. The Morgan fingerprint density at radius 3 is 1.81 bits per heavy atom. The Hall–Kier alpha value is -1.59. The van der Waals surface area contributed by atoms with Gasteiger partial charge in [0, 0.05) is 32.2 Å². The summed E-state index contributed by atoms with van der Waals surface area (Å²) in [7, 11) is -8.09. The predicted octanol–water partition coefficient (Wildman–Crippen LogP) is 2.31. The van der Waals surface area contributed by atoms with Gasteiger partial charge in [-0.25, -0.2) is 25.6 Å². The van der Waals surface area contributed by atoms with Gasteiger partial charge in [-0.05, 0) is 24.3 Å². The number of benzene rings is 2. The molecule has 0 bridgehead atoms. The molecule has 2 aromatic carbocycles. The molecule has 0 atom stereocenters. The second-order valence-electron chi connectivity index (χ2n) is 5.81. The Kier molecular flexibility index (Phi) is 5.55. The molecular weight excluding hydrogens is 422 g/mol. The SMILES string of the molecule is O=S(=O)(c1ccc(F)cc1F)N1CCN(S(=O)(=O)c2ccccc2Cl)CC1.